The Balaban J connectivity index is 1.45. The van der Waals surface area contributed by atoms with Crippen LogP contribution in [0.4, 0.5) is 0 Å². The Morgan fingerprint density at radius 1 is 0.935 bits per heavy atom. The van der Waals surface area contributed by atoms with Crippen LogP contribution in [0.15, 0.2) is 125 Å². The molecular formula is C37H27Cl2N3O3S. The number of rotatable bonds is 7. The predicted molar refractivity (Wildman–Crippen MR) is 185 cm³/mol. The zero-order valence-electron chi connectivity index (χ0n) is 24.7. The maximum absolute atomic E-state index is 14.4. The van der Waals surface area contributed by atoms with Crippen molar-refractivity contribution < 1.29 is 9.53 Å². The molecule has 228 valence electrons. The van der Waals surface area contributed by atoms with E-state index in [-0.39, 0.29) is 12.2 Å². The van der Waals surface area contributed by atoms with E-state index >= 15 is 0 Å². The lowest BCUT2D eigenvalue weighted by Crippen LogP contribution is -2.40. The Kier molecular flexibility index (Phi) is 8.21. The number of hydrogen-bond acceptors (Lipinski definition) is 5. The molecule has 2 aromatic heterocycles. The molecule has 0 saturated carbocycles. The number of aromatic nitrogens is 2. The van der Waals surface area contributed by atoms with E-state index in [2.05, 4.69) is 22.9 Å². The molecule has 1 atom stereocenters. The fraction of sp³-hybridized carbons (Fsp3) is 0.108. The van der Waals surface area contributed by atoms with Crippen LogP contribution in [0.25, 0.3) is 22.7 Å². The van der Waals surface area contributed by atoms with Gasteiger partial charge in [0.2, 0.25) is 0 Å². The van der Waals surface area contributed by atoms with Crippen LogP contribution in [0, 0.1) is 0 Å². The number of benzene rings is 4. The van der Waals surface area contributed by atoms with Crippen LogP contribution >= 0.6 is 34.5 Å². The molecule has 0 amide bonds. The first-order chi connectivity index (χ1) is 22.4. The number of hydrogen-bond donors (Lipinski definition) is 0. The van der Waals surface area contributed by atoms with Gasteiger partial charge < -0.3 is 9.30 Å². The van der Waals surface area contributed by atoms with E-state index in [9.17, 15) is 9.59 Å². The summed E-state index contributed by atoms with van der Waals surface area (Å²) in [7, 11) is 0. The highest BCUT2D eigenvalue weighted by molar-refractivity contribution is 7.07. The summed E-state index contributed by atoms with van der Waals surface area (Å²) >= 11 is 13.8. The first kappa shape index (κ1) is 30.0. The number of fused-ring (bicyclic) bond motifs is 2. The number of nitrogens with zero attached hydrogens (tertiary/aromatic N) is 3. The molecule has 46 heavy (non-hydrogen) atoms. The minimum atomic E-state index is -0.769. The van der Waals surface area contributed by atoms with Crippen molar-refractivity contribution in [2.75, 3.05) is 6.61 Å². The molecule has 1 aliphatic rings. The molecule has 0 N–H and O–H groups in total. The Morgan fingerprint density at radius 2 is 1.70 bits per heavy atom. The predicted octanol–water partition coefficient (Wildman–Crippen LogP) is 7.25. The molecule has 7 rings (SSSR count). The van der Waals surface area contributed by atoms with Crippen LogP contribution in [-0.2, 0) is 16.1 Å². The minimum absolute atomic E-state index is 0.182. The summed E-state index contributed by atoms with van der Waals surface area (Å²) < 4.78 is 9.82. The fourth-order valence-electron chi connectivity index (χ4n) is 5.90. The number of thiazole rings is 1. The number of para-hydroxylation sites is 1. The Labute approximate surface area is 278 Å². The van der Waals surface area contributed by atoms with Crippen molar-refractivity contribution in [3.63, 3.8) is 0 Å². The molecule has 3 heterocycles. The number of ether oxygens (including phenoxy) is 1. The highest BCUT2D eigenvalue weighted by Crippen LogP contribution is 2.35. The summed E-state index contributed by atoms with van der Waals surface area (Å²) in [5.41, 5.74) is 5.02. The lowest BCUT2D eigenvalue weighted by Gasteiger charge is -2.25. The van der Waals surface area contributed by atoms with Gasteiger partial charge in [-0.15, -0.1) is 0 Å². The van der Waals surface area contributed by atoms with E-state index in [0.29, 0.717) is 37.2 Å². The lowest BCUT2D eigenvalue weighted by molar-refractivity contribution is -0.138. The van der Waals surface area contributed by atoms with Gasteiger partial charge in [0.1, 0.15) is 0 Å². The summed E-state index contributed by atoms with van der Waals surface area (Å²) in [5.74, 6) is -0.525. The van der Waals surface area contributed by atoms with Gasteiger partial charge >= 0.3 is 5.97 Å². The smallest absolute Gasteiger partial charge is 0.338 e. The number of carbonyl (C=O) groups is 1. The number of halogens is 2. The van der Waals surface area contributed by atoms with Crippen molar-refractivity contribution >= 4 is 63.2 Å². The number of carbonyl (C=O) groups excluding carboxylic acids is 1. The van der Waals surface area contributed by atoms with Crippen LogP contribution in [0.3, 0.4) is 0 Å². The zero-order valence-corrected chi connectivity index (χ0v) is 27.0. The molecule has 0 radical (unpaired) electrons. The molecule has 0 bridgehead atoms. The maximum atomic E-state index is 14.4. The quantitative estimate of drug-likeness (QED) is 0.169. The Bertz CT molecular complexity index is 2320. The van der Waals surface area contributed by atoms with Gasteiger partial charge in [-0.2, -0.15) is 0 Å². The third kappa shape index (κ3) is 5.62. The van der Waals surface area contributed by atoms with Gasteiger partial charge in [-0.25, -0.2) is 9.79 Å². The van der Waals surface area contributed by atoms with Gasteiger partial charge in [0.25, 0.3) is 5.56 Å². The first-order valence-corrected chi connectivity index (χ1v) is 16.3. The van der Waals surface area contributed by atoms with E-state index in [1.165, 1.54) is 11.3 Å². The zero-order chi connectivity index (χ0) is 31.8. The van der Waals surface area contributed by atoms with Crippen LogP contribution in [0.2, 0.25) is 10.0 Å². The van der Waals surface area contributed by atoms with Crippen LogP contribution in [0.5, 0.6) is 0 Å². The average molecular weight is 665 g/mol. The monoisotopic (exact) mass is 663 g/mol. The van der Waals surface area contributed by atoms with Crippen LogP contribution in [0.1, 0.15) is 35.2 Å². The molecule has 1 aliphatic heterocycles. The third-order valence-electron chi connectivity index (χ3n) is 7.91. The SMILES string of the molecule is CCOC(=O)C1=C(c2ccccc2)N=c2s/c(=C\c3cn(Cc4cccc(Cl)c4)c4ccccc34)c(=O)n2[C@H]1c1ccc(Cl)cc1. The molecule has 0 unspecified atom stereocenters. The van der Waals surface area contributed by atoms with Crippen molar-refractivity contribution in [2.45, 2.75) is 19.5 Å². The summed E-state index contributed by atoms with van der Waals surface area (Å²) in [6.07, 6.45) is 3.97. The molecule has 0 aliphatic carbocycles. The average Bonchev–Trinajstić information content (AvgIpc) is 3.57. The second kappa shape index (κ2) is 12.6. The third-order valence-corrected chi connectivity index (χ3v) is 9.38. The molecule has 6 nitrogen and oxygen atoms in total. The molecule has 0 fully saturated rings. The summed E-state index contributed by atoms with van der Waals surface area (Å²) in [6.45, 7) is 2.56. The second-order valence-corrected chi connectivity index (χ2v) is 12.7. The van der Waals surface area contributed by atoms with Gasteiger partial charge in [0.15, 0.2) is 4.80 Å². The Hall–Kier alpha value is -4.69. The standard InChI is InChI=1S/C37H27Cl2N3O3S/c1-2-45-36(44)32-33(24-10-4-3-5-11-24)40-37-42(34(32)25-15-17-27(38)18-16-25)35(43)31(46-37)20-26-22-41(30-14-7-6-13-29(26)30)21-23-9-8-12-28(39)19-23/h3-20,22,34H,2,21H2,1H3/b31-20-/t34-/m0/s1. The van der Waals surface area contributed by atoms with E-state index in [1.807, 2.05) is 84.9 Å². The van der Waals surface area contributed by atoms with Gasteiger partial charge in [0.05, 0.1) is 28.5 Å². The van der Waals surface area contributed by atoms with Gasteiger partial charge in [-0.1, -0.05) is 107 Å². The van der Waals surface area contributed by atoms with Crippen molar-refractivity contribution in [2.24, 2.45) is 4.99 Å². The van der Waals surface area contributed by atoms with Crippen molar-refractivity contribution in [3.8, 4) is 0 Å². The van der Waals surface area contributed by atoms with Crippen molar-refractivity contribution in [1.82, 2.24) is 9.13 Å². The Morgan fingerprint density at radius 3 is 2.46 bits per heavy atom. The van der Waals surface area contributed by atoms with E-state index in [0.717, 1.165) is 33.2 Å². The number of esters is 1. The normalized spacial score (nSPS) is 14.8. The first-order valence-electron chi connectivity index (χ1n) is 14.8. The van der Waals surface area contributed by atoms with E-state index < -0.39 is 12.0 Å². The molecular weight excluding hydrogens is 637 g/mol. The summed E-state index contributed by atoms with van der Waals surface area (Å²) in [6, 6.07) is 31.8. The topological polar surface area (TPSA) is 65.6 Å². The van der Waals surface area contributed by atoms with Crippen molar-refractivity contribution in [1.29, 1.82) is 0 Å². The highest BCUT2D eigenvalue weighted by atomic mass is 35.5. The molecule has 0 spiro atoms. The minimum Gasteiger partial charge on any atom is -0.463 e. The lowest BCUT2D eigenvalue weighted by atomic mass is 9.93. The summed E-state index contributed by atoms with van der Waals surface area (Å²) in [5, 5.41) is 2.25. The fourth-order valence-corrected chi connectivity index (χ4v) is 7.23. The van der Waals surface area contributed by atoms with Gasteiger partial charge in [-0.05, 0) is 54.5 Å². The van der Waals surface area contributed by atoms with Crippen LogP contribution in [-0.4, -0.2) is 21.7 Å². The molecule has 4 aromatic carbocycles. The van der Waals surface area contributed by atoms with Crippen molar-refractivity contribution in [3.05, 3.63) is 167 Å². The van der Waals surface area contributed by atoms with Gasteiger partial charge in [0, 0.05) is 44.8 Å². The molecule has 0 saturated heterocycles. The molecule has 6 aromatic rings. The van der Waals surface area contributed by atoms with Crippen LogP contribution < -0.4 is 14.9 Å². The summed E-state index contributed by atoms with van der Waals surface area (Å²) in [4.78, 5) is 33.5. The van der Waals surface area contributed by atoms with E-state index in [1.54, 1.807) is 23.6 Å². The maximum Gasteiger partial charge on any atom is 0.338 e. The van der Waals surface area contributed by atoms with E-state index in [4.69, 9.17) is 32.9 Å². The molecule has 9 heteroatoms. The largest absolute Gasteiger partial charge is 0.463 e. The second-order valence-electron chi connectivity index (χ2n) is 10.8. The van der Waals surface area contributed by atoms with Gasteiger partial charge in [-0.3, -0.25) is 9.36 Å². The highest BCUT2D eigenvalue weighted by Gasteiger charge is 2.35.